The minimum atomic E-state index is 0.919. The number of hydrogen-bond acceptors (Lipinski definition) is 2. The van der Waals surface area contributed by atoms with Gasteiger partial charge < -0.3 is 0 Å². The number of para-hydroxylation sites is 1. The highest BCUT2D eigenvalue weighted by molar-refractivity contribution is 5.47. The van der Waals surface area contributed by atoms with Crippen LogP contribution in [0.3, 0.4) is 0 Å². The lowest BCUT2D eigenvalue weighted by Gasteiger charge is -2.10. The summed E-state index contributed by atoms with van der Waals surface area (Å²) in [6, 6.07) is 6.26. The number of hydrogen-bond donors (Lipinski definition) is 0. The topological polar surface area (TPSA) is 30.7 Å². The first kappa shape index (κ1) is 8.94. The second-order valence-electron chi connectivity index (χ2n) is 3.49. The summed E-state index contributed by atoms with van der Waals surface area (Å²) in [4.78, 5) is 0. The Morgan fingerprint density at radius 2 is 1.71 bits per heavy atom. The van der Waals surface area contributed by atoms with Crippen LogP contribution in [0.15, 0.2) is 24.5 Å². The van der Waals surface area contributed by atoms with Crippen LogP contribution < -0.4 is 0 Å². The van der Waals surface area contributed by atoms with Crippen molar-refractivity contribution < 1.29 is 0 Å². The van der Waals surface area contributed by atoms with Crippen molar-refractivity contribution in [2.75, 3.05) is 0 Å². The summed E-state index contributed by atoms with van der Waals surface area (Å²) in [5, 5.41) is 7.88. The third kappa shape index (κ3) is 1.31. The Balaban J connectivity index is 2.68. The van der Waals surface area contributed by atoms with E-state index in [4.69, 9.17) is 0 Å². The fourth-order valence-corrected chi connectivity index (χ4v) is 1.70. The van der Waals surface area contributed by atoms with Crippen LogP contribution in [0.2, 0.25) is 0 Å². The number of aryl methyl sites for hydroxylation is 3. The van der Waals surface area contributed by atoms with Crippen LogP contribution in [-0.4, -0.2) is 14.8 Å². The number of aromatic nitrogens is 3. The smallest absolute Gasteiger partial charge is 0.134 e. The van der Waals surface area contributed by atoms with E-state index in [9.17, 15) is 0 Å². The van der Waals surface area contributed by atoms with E-state index in [2.05, 4.69) is 42.2 Å². The average Bonchev–Trinajstić information content (AvgIpc) is 2.52. The average molecular weight is 187 g/mol. The Kier molecular flexibility index (Phi) is 2.08. The molecule has 0 aliphatic rings. The standard InChI is InChI=1S/C11H13N3/c1-8-5-4-6-9(2)11(8)14-7-12-13-10(14)3/h4-7H,1-3H3. The summed E-state index contributed by atoms with van der Waals surface area (Å²) in [5.74, 6) is 0.919. The third-order valence-corrected chi connectivity index (χ3v) is 2.40. The zero-order valence-electron chi connectivity index (χ0n) is 8.65. The number of nitrogens with zero attached hydrogens (tertiary/aromatic N) is 3. The van der Waals surface area contributed by atoms with Gasteiger partial charge in [0, 0.05) is 0 Å². The molecule has 2 rings (SSSR count). The molecule has 2 aromatic rings. The van der Waals surface area contributed by atoms with Gasteiger partial charge in [0.05, 0.1) is 5.69 Å². The molecule has 0 aliphatic carbocycles. The SMILES string of the molecule is Cc1cccc(C)c1-n1cnnc1C. The van der Waals surface area contributed by atoms with Crippen molar-refractivity contribution in [2.45, 2.75) is 20.8 Å². The molecule has 0 bridgehead atoms. The van der Waals surface area contributed by atoms with Crippen molar-refractivity contribution in [3.05, 3.63) is 41.5 Å². The van der Waals surface area contributed by atoms with E-state index in [1.165, 1.54) is 16.8 Å². The number of rotatable bonds is 1. The molecule has 3 nitrogen and oxygen atoms in total. The van der Waals surface area contributed by atoms with Gasteiger partial charge in [0.1, 0.15) is 12.2 Å². The molecule has 72 valence electrons. The second kappa shape index (κ2) is 3.25. The van der Waals surface area contributed by atoms with Gasteiger partial charge >= 0.3 is 0 Å². The highest BCUT2D eigenvalue weighted by Gasteiger charge is 2.06. The normalized spacial score (nSPS) is 10.5. The molecule has 0 radical (unpaired) electrons. The van der Waals surface area contributed by atoms with E-state index in [0.29, 0.717) is 0 Å². The van der Waals surface area contributed by atoms with Crippen LogP contribution in [0.4, 0.5) is 0 Å². The molecular weight excluding hydrogens is 174 g/mol. The van der Waals surface area contributed by atoms with Gasteiger partial charge in [0.15, 0.2) is 0 Å². The van der Waals surface area contributed by atoms with Gasteiger partial charge in [0.25, 0.3) is 0 Å². The Bertz CT molecular complexity index is 437. The first-order valence-electron chi connectivity index (χ1n) is 4.63. The molecule has 0 saturated carbocycles. The van der Waals surface area contributed by atoms with E-state index >= 15 is 0 Å². The second-order valence-corrected chi connectivity index (χ2v) is 3.49. The first-order valence-corrected chi connectivity index (χ1v) is 4.63. The molecule has 1 aromatic heterocycles. The van der Waals surface area contributed by atoms with Crippen LogP contribution >= 0.6 is 0 Å². The van der Waals surface area contributed by atoms with Gasteiger partial charge in [-0.25, -0.2) is 0 Å². The molecule has 0 saturated heterocycles. The van der Waals surface area contributed by atoms with Gasteiger partial charge in [-0.05, 0) is 31.9 Å². The quantitative estimate of drug-likeness (QED) is 0.685. The third-order valence-electron chi connectivity index (χ3n) is 2.40. The van der Waals surface area contributed by atoms with Crippen LogP contribution in [0, 0.1) is 20.8 Å². The molecule has 0 spiro atoms. The number of benzene rings is 1. The van der Waals surface area contributed by atoms with Crippen LogP contribution in [0.5, 0.6) is 0 Å². The van der Waals surface area contributed by atoms with Crippen molar-refractivity contribution in [2.24, 2.45) is 0 Å². The van der Waals surface area contributed by atoms with E-state index in [0.717, 1.165) is 5.82 Å². The first-order chi connectivity index (χ1) is 6.70. The minimum absolute atomic E-state index is 0.919. The fourth-order valence-electron chi connectivity index (χ4n) is 1.70. The lowest BCUT2D eigenvalue weighted by molar-refractivity contribution is 0.951. The molecule has 0 fully saturated rings. The zero-order valence-corrected chi connectivity index (χ0v) is 8.65. The van der Waals surface area contributed by atoms with Gasteiger partial charge in [-0.15, -0.1) is 10.2 Å². The Morgan fingerprint density at radius 1 is 1.07 bits per heavy atom. The van der Waals surface area contributed by atoms with Crippen molar-refractivity contribution >= 4 is 0 Å². The minimum Gasteiger partial charge on any atom is -0.285 e. The molecule has 14 heavy (non-hydrogen) atoms. The van der Waals surface area contributed by atoms with Gasteiger partial charge in [-0.3, -0.25) is 4.57 Å². The largest absolute Gasteiger partial charge is 0.285 e. The van der Waals surface area contributed by atoms with Crippen LogP contribution in [0.25, 0.3) is 5.69 Å². The molecule has 1 aromatic carbocycles. The van der Waals surface area contributed by atoms with E-state index in [1.807, 2.05) is 11.5 Å². The molecule has 1 heterocycles. The van der Waals surface area contributed by atoms with Crippen molar-refractivity contribution in [1.29, 1.82) is 0 Å². The summed E-state index contributed by atoms with van der Waals surface area (Å²) in [6.45, 7) is 6.16. The fraction of sp³-hybridized carbons (Fsp3) is 0.273. The summed E-state index contributed by atoms with van der Waals surface area (Å²) in [6.07, 6.45) is 1.75. The predicted octanol–water partition coefficient (Wildman–Crippen LogP) is 2.19. The predicted molar refractivity (Wildman–Crippen MR) is 55.6 cm³/mol. The van der Waals surface area contributed by atoms with Crippen molar-refractivity contribution in [3.8, 4) is 5.69 Å². The van der Waals surface area contributed by atoms with Crippen molar-refractivity contribution in [3.63, 3.8) is 0 Å². The molecule has 0 amide bonds. The Labute approximate surface area is 83.4 Å². The van der Waals surface area contributed by atoms with E-state index in [1.54, 1.807) is 6.33 Å². The zero-order chi connectivity index (χ0) is 10.1. The lowest BCUT2D eigenvalue weighted by atomic mass is 10.1. The van der Waals surface area contributed by atoms with Crippen molar-refractivity contribution in [1.82, 2.24) is 14.8 Å². The van der Waals surface area contributed by atoms with E-state index in [-0.39, 0.29) is 0 Å². The van der Waals surface area contributed by atoms with Gasteiger partial charge in [-0.1, -0.05) is 18.2 Å². The lowest BCUT2D eigenvalue weighted by Crippen LogP contribution is -2.00. The van der Waals surface area contributed by atoms with Gasteiger partial charge in [-0.2, -0.15) is 0 Å². The molecule has 0 unspecified atom stereocenters. The summed E-state index contributed by atoms with van der Waals surface area (Å²) < 4.78 is 2.02. The molecular formula is C11H13N3. The molecule has 0 atom stereocenters. The van der Waals surface area contributed by atoms with Crippen LogP contribution in [-0.2, 0) is 0 Å². The van der Waals surface area contributed by atoms with Gasteiger partial charge in [0.2, 0.25) is 0 Å². The monoisotopic (exact) mass is 187 g/mol. The Hall–Kier alpha value is -1.64. The maximum atomic E-state index is 3.99. The summed E-state index contributed by atoms with van der Waals surface area (Å²) in [7, 11) is 0. The highest BCUT2D eigenvalue weighted by atomic mass is 15.3. The maximum Gasteiger partial charge on any atom is 0.134 e. The van der Waals surface area contributed by atoms with E-state index < -0.39 is 0 Å². The molecule has 0 N–H and O–H groups in total. The summed E-state index contributed by atoms with van der Waals surface area (Å²) >= 11 is 0. The molecule has 3 heteroatoms. The maximum absolute atomic E-state index is 3.99. The highest BCUT2D eigenvalue weighted by Crippen LogP contribution is 2.18. The summed E-state index contributed by atoms with van der Waals surface area (Å²) in [5.41, 5.74) is 3.68. The Morgan fingerprint density at radius 3 is 2.21 bits per heavy atom. The van der Waals surface area contributed by atoms with Crippen LogP contribution in [0.1, 0.15) is 17.0 Å². The molecule has 0 aliphatic heterocycles.